The second kappa shape index (κ2) is 15.9. The molecule has 2 heterocycles. The van der Waals surface area contributed by atoms with Crippen LogP contribution in [0.1, 0.15) is 78.8 Å². The van der Waals surface area contributed by atoms with Crippen LogP contribution >= 0.6 is 23.2 Å². The quantitative estimate of drug-likeness (QED) is 0.103. The lowest BCUT2D eigenvalue weighted by Crippen LogP contribution is -2.56. The molecule has 2 fully saturated rings. The van der Waals surface area contributed by atoms with E-state index in [1.807, 2.05) is 30.3 Å². The SMILES string of the molecule is COc1nc(OCc2cccc(-c3cccc(COc4nc(OC)c(CNC5(C(=O)O)CCC5)cc4Cl)c3C)c2C)c(Cl)cc1CNC1(C)CCC1. The van der Waals surface area contributed by atoms with Crippen molar-refractivity contribution in [3.8, 4) is 34.6 Å². The van der Waals surface area contributed by atoms with E-state index in [2.05, 4.69) is 53.5 Å². The number of carboxylic acids is 1. The summed E-state index contributed by atoms with van der Waals surface area (Å²) in [6, 6.07) is 15.8. The topological polar surface area (TPSA) is 124 Å². The summed E-state index contributed by atoms with van der Waals surface area (Å²) in [4.78, 5) is 20.9. The Bertz CT molecular complexity index is 1950. The molecule has 6 rings (SSSR count). The number of methoxy groups -OCH3 is 2. The highest BCUT2D eigenvalue weighted by Gasteiger charge is 2.44. The van der Waals surface area contributed by atoms with Crippen molar-refractivity contribution < 1.29 is 28.8 Å². The predicted molar refractivity (Wildman–Crippen MR) is 202 cm³/mol. The van der Waals surface area contributed by atoms with Gasteiger partial charge in [-0.25, -0.2) is 0 Å². The molecule has 2 aromatic heterocycles. The molecule has 0 amide bonds. The normalized spacial score (nSPS) is 15.7. The van der Waals surface area contributed by atoms with E-state index in [1.165, 1.54) is 13.5 Å². The Morgan fingerprint density at radius 3 is 1.58 bits per heavy atom. The zero-order valence-corrected chi connectivity index (χ0v) is 31.8. The fourth-order valence-corrected chi connectivity index (χ4v) is 7.26. The minimum Gasteiger partial charge on any atom is -0.481 e. The Morgan fingerprint density at radius 2 is 1.19 bits per heavy atom. The van der Waals surface area contributed by atoms with Crippen molar-refractivity contribution in [1.82, 2.24) is 20.6 Å². The van der Waals surface area contributed by atoms with E-state index in [4.69, 9.17) is 42.1 Å². The molecule has 52 heavy (non-hydrogen) atoms. The van der Waals surface area contributed by atoms with Crippen molar-refractivity contribution >= 4 is 29.2 Å². The fourth-order valence-electron chi connectivity index (χ4n) is 6.81. The predicted octanol–water partition coefficient (Wildman–Crippen LogP) is 8.37. The highest BCUT2D eigenvalue weighted by molar-refractivity contribution is 6.32. The lowest BCUT2D eigenvalue weighted by molar-refractivity contribution is -0.148. The van der Waals surface area contributed by atoms with Crippen LogP contribution in [0.15, 0.2) is 48.5 Å². The second-order valence-corrected chi connectivity index (χ2v) is 14.8. The summed E-state index contributed by atoms with van der Waals surface area (Å²) in [5, 5.41) is 17.2. The van der Waals surface area contributed by atoms with E-state index in [9.17, 15) is 9.90 Å². The third-order valence-electron chi connectivity index (χ3n) is 10.7. The van der Waals surface area contributed by atoms with Gasteiger partial charge in [-0.3, -0.25) is 10.1 Å². The molecule has 4 aromatic rings. The van der Waals surface area contributed by atoms with Gasteiger partial charge in [-0.15, -0.1) is 0 Å². The van der Waals surface area contributed by atoms with Gasteiger partial charge in [-0.1, -0.05) is 59.6 Å². The van der Waals surface area contributed by atoms with Crippen LogP contribution in [-0.4, -0.2) is 46.3 Å². The third kappa shape index (κ3) is 7.95. The summed E-state index contributed by atoms with van der Waals surface area (Å²) in [5.74, 6) is 0.534. The summed E-state index contributed by atoms with van der Waals surface area (Å²) in [5.41, 5.74) is 7.03. The molecular weight excluding hydrogens is 703 g/mol. The van der Waals surface area contributed by atoms with E-state index in [0.29, 0.717) is 52.6 Å². The number of hydrogen-bond acceptors (Lipinski definition) is 9. The number of aromatic nitrogens is 2. The first-order chi connectivity index (χ1) is 25.0. The maximum atomic E-state index is 11.8. The molecule has 0 aliphatic heterocycles. The minimum absolute atomic E-state index is 0.148. The minimum atomic E-state index is -0.920. The van der Waals surface area contributed by atoms with Gasteiger partial charge in [0.25, 0.3) is 0 Å². The van der Waals surface area contributed by atoms with Crippen molar-refractivity contribution in [2.75, 3.05) is 14.2 Å². The van der Waals surface area contributed by atoms with Crippen molar-refractivity contribution in [2.24, 2.45) is 0 Å². The van der Waals surface area contributed by atoms with Gasteiger partial charge in [0.1, 0.15) is 28.8 Å². The van der Waals surface area contributed by atoms with E-state index >= 15 is 0 Å². The summed E-state index contributed by atoms with van der Waals surface area (Å²) in [7, 11) is 3.12. The molecule has 0 spiro atoms. The lowest BCUT2D eigenvalue weighted by Gasteiger charge is -2.39. The first kappa shape index (κ1) is 37.7. The van der Waals surface area contributed by atoms with Crippen molar-refractivity contribution in [2.45, 2.75) is 96.7 Å². The standard InChI is InChI=1S/C40H46Cl2N4O6/c1-24-26(22-51-36-32(41)18-28(34(45-36)49-4)20-43-39(3)14-8-15-39)10-6-12-30(24)31-13-7-11-27(25(31)2)23-52-37-33(42)19-29(35(46-37)50-5)21-44-40(38(47)48)16-9-17-40/h6-7,10-13,18-19,43-44H,8-9,14-17,20-23H2,1-5H3,(H,47,48). The molecule has 0 bridgehead atoms. The lowest BCUT2D eigenvalue weighted by atomic mass is 9.76. The van der Waals surface area contributed by atoms with Crippen LogP contribution in [0.3, 0.4) is 0 Å². The molecule has 10 nitrogen and oxygen atoms in total. The van der Waals surface area contributed by atoms with Crippen LogP contribution in [-0.2, 0) is 31.1 Å². The molecule has 0 atom stereocenters. The van der Waals surface area contributed by atoms with Gasteiger partial charge < -0.3 is 29.4 Å². The molecule has 276 valence electrons. The smallest absolute Gasteiger partial charge is 0.323 e. The summed E-state index contributed by atoms with van der Waals surface area (Å²) < 4.78 is 23.4. The molecule has 3 N–H and O–H groups in total. The van der Waals surface area contributed by atoms with Gasteiger partial charge in [-0.05, 0) is 105 Å². The van der Waals surface area contributed by atoms with Gasteiger partial charge in [0, 0.05) is 29.8 Å². The van der Waals surface area contributed by atoms with E-state index in [1.54, 1.807) is 13.2 Å². The molecule has 2 aliphatic rings. The molecule has 0 unspecified atom stereocenters. The maximum Gasteiger partial charge on any atom is 0.323 e. The molecule has 2 saturated carbocycles. The first-order valence-corrected chi connectivity index (χ1v) is 18.3. The average molecular weight is 750 g/mol. The van der Waals surface area contributed by atoms with Gasteiger partial charge in [0.2, 0.25) is 23.5 Å². The molecule has 12 heteroatoms. The summed E-state index contributed by atoms with van der Waals surface area (Å²) >= 11 is 13.3. The largest absolute Gasteiger partial charge is 0.481 e. The molecule has 0 saturated heterocycles. The third-order valence-corrected chi connectivity index (χ3v) is 11.2. The summed E-state index contributed by atoms with van der Waals surface area (Å²) in [6.45, 7) is 7.77. The number of nitrogens with one attached hydrogen (secondary N) is 2. The highest BCUT2D eigenvalue weighted by Crippen LogP contribution is 2.37. The molecule has 2 aliphatic carbocycles. The van der Waals surface area contributed by atoms with E-state index in [-0.39, 0.29) is 31.2 Å². The van der Waals surface area contributed by atoms with Crippen LogP contribution in [0.25, 0.3) is 11.1 Å². The Morgan fingerprint density at radius 1 is 0.731 bits per heavy atom. The zero-order chi connectivity index (χ0) is 37.0. The Labute approximate surface area is 315 Å². The van der Waals surface area contributed by atoms with Crippen LogP contribution < -0.4 is 29.6 Å². The van der Waals surface area contributed by atoms with Gasteiger partial charge in [0.05, 0.1) is 14.2 Å². The first-order valence-electron chi connectivity index (χ1n) is 17.6. The number of halogens is 2. The number of benzene rings is 2. The van der Waals surface area contributed by atoms with Crippen molar-refractivity contribution in [3.63, 3.8) is 0 Å². The van der Waals surface area contributed by atoms with Crippen LogP contribution in [0.2, 0.25) is 10.0 Å². The van der Waals surface area contributed by atoms with Crippen LogP contribution in [0, 0.1) is 13.8 Å². The number of ether oxygens (including phenoxy) is 4. The molecular formula is C40H46Cl2N4O6. The van der Waals surface area contributed by atoms with Crippen molar-refractivity contribution in [3.05, 3.63) is 92.0 Å². The number of nitrogens with zero attached hydrogens (tertiary/aromatic N) is 2. The monoisotopic (exact) mass is 748 g/mol. The van der Waals surface area contributed by atoms with E-state index in [0.717, 1.165) is 58.2 Å². The number of aliphatic carboxylic acids is 1. The Hall–Kier alpha value is -4.09. The number of pyridine rings is 2. The van der Waals surface area contributed by atoms with Gasteiger partial charge in [0.15, 0.2) is 0 Å². The van der Waals surface area contributed by atoms with Crippen LogP contribution in [0.4, 0.5) is 0 Å². The maximum absolute atomic E-state index is 11.8. The number of carboxylic acid groups (broad SMARTS) is 1. The highest BCUT2D eigenvalue weighted by atomic mass is 35.5. The van der Waals surface area contributed by atoms with Gasteiger partial charge in [-0.2, -0.15) is 9.97 Å². The Kier molecular flexibility index (Phi) is 11.5. The van der Waals surface area contributed by atoms with Gasteiger partial charge >= 0.3 is 5.97 Å². The summed E-state index contributed by atoms with van der Waals surface area (Å²) in [6.07, 6.45) is 5.59. The zero-order valence-electron chi connectivity index (χ0n) is 30.3. The number of hydrogen-bond donors (Lipinski definition) is 3. The molecule has 0 radical (unpaired) electrons. The number of rotatable bonds is 16. The molecule has 2 aromatic carbocycles. The number of carbonyl (C=O) groups is 1. The fraction of sp³-hybridized carbons (Fsp3) is 0.425. The Balaban J connectivity index is 1.14. The van der Waals surface area contributed by atoms with Crippen LogP contribution in [0.5, 0.6) is 23.5 Å². The van der Waals surface area contributed by atoms with E-state index < -0.39 is 11.5 Å². The second-order valence-electron chi connectivity index (χ2n) is 14.0. The van der Waals surface area contributed by atoms with Crippen molar-refractivity contribution in [1.29, 1.82) is 0 Å². The average Bonchev–Trinajstić information content (AvgIpc) is 3.09.